The number of benzene rings is 1. The van der Waals surface area contributed by atoms with Gasteiger partial charge in [0.2, 0.25) is 11.8 Å². The standard InChI is InChI=1S/C22H24FN3O2/c1-25(14-18-4-2-3-10-24-18)21(28)19-13-22(19)9-11-26(15-22)20(27)12-16-5-7-17(23)8-6-16/h2-8,10,19H,9,11-15H2,1H3/t19-,22+/m1/s1. The van der Waals surface area contributed by atoms with Crippen molar-refractivity contribution >= 4 is 11.8 Å². The van der Waals surface area contributed by atoms with Gasteiger partial charge in [0.05, 0.1) is 18.7 Å². The molecule has 2 atom stereocenters. The zero-order chi connectivity index (χ0) is 19.7. The summed E-state index contributed by atoms with van der Waals surface area (Å²) < 4.78 is 13.0. The molecule has 0 bridgehead atoms. The molecule has 2 aliphatic rings. The summed E-state index contributed by atoms with van der Waals surface area (Å²) in [6, 6.07) is 11.7. The molecule has 28 heavy (non-hydrogen) atoms. The Morgan fingerprint density at radius 2 is 2.04 bits per heavy atom. The van der Waals surface area contributed by atoms with E-state index in [-0.39, 0.29) is 35.4 Å². The normalized spacial score (nSPS) is 23.1. The zero-order valence-corrected chi connectivity index (χ0v) is 16.0. The molecule has 1 saturated carbocycles. The van der Waals surface area contributed by atoms with Gasteiger partial charge in [-0.05, 0) is 42.7 Å². The van der Waals surface area contributed by atoms with Crippen molar-refractivity contribution in [2.24, 2.45) is 11.3 Å². The maximum atomic E-state index is 13.0. The minimum absolute atomic E-state index is 0.00941. The van der Waals surface area contributed by atoms with E-state index in [4.69, 9.17) is 0 Å². The number of rotatable bonds is 5. The van der Waals surface area contributed by atoms with Crippen molar-refractivity contribution < 1.29 is 14.0 Å². The number of carbonyl (C=O) groups is 2. The highest BCUT2D eigenvalue weighted by Gasteiger charge is 2.61. The molecule has 1 aliphatic heterocycles. The summed E-state index contributed by atoms with van der Waals surface area (Å²) in [6.45, 7) is 1.83. The largest absolute Gasteiger partial charge is 0.342 e. The first-order chi connectivity index (χ1) is 13.5. The van der Waals surface area contributed by atoms with Gasteiger partial charge < -0.3 is 9.80 Å². The summed E-state index contributed by atoms with van der Waals surface area (Å²) in [6.07, 6.45) is 3.72. The molecule has 1 spiro atoms. The highest BCUT2D eigenvalue weighted by atomic mass is 19.1. The predicted molar refractivity (Wildman–Crippen MR) is 103 cm³/mol. The number of halogens is 1. The summed E-state index contributed by atoms with van der Waals surface area (Å²) in [4.78, 5) is 33.3. The van der Waals surface area contributed by atoms with Crippen molar-refractivity contribution in [2.45, 2.75) is 25.8 Å². The lowest BCUT2D eigenvalue weighted by Crippen LogP contribution is -2.33. The van der Waals surface area contributed by atoms with Gasteiger partial charge in [-0.15, -0.1) is 0 Å². The van der Waals surface area contributed by atoms with Gasteiger partial charge in [-0.25, -0.2) is 4.39 Å². The molecule has 2 amide bonds. The van der Waals surface area contributed by atoms with Crippen LogP contribution in [0.15, 0.2) is 48.7 Å². The number of hydrogen-bond donors (Lipinski definition) is 0. The predicted octanol–water partition coefficient (Wildman–Crippen LogP) is 2.66. The van der Waals surface area contributed by atoms with Crippen LogP contribution in [0.1, 0.15) is 24.1 Å². The molecule has 1 saturated heterocycles. The van der Waals surface area contributed by atoms with Crippen molar-refractivity contribution in [1.82, 2.24) is 14.8 Å². The highest BCUT2D eigenvalue weighted by Crippen LogP contribution is 2.59. The maximum absolute atomic E-state index is 13.0. The molecular formula is C22H24FN3O2. The van der Waals surface area contributed by atoms with Gasteiger partial charge in [0.1, 0.15) is 5.82 Å². The lowest BCUT2D eigenvalue weighted by Gasteiger charge is -2.19. The van der Waals surface area contributed by atoms with Crippen LogP contribution in [0.2, 0.25) is 0 Å². The average molecular weight is 381 g/mol. The molecule has 0 N–H and O–H groups in total. The Morgan fingerprint density at radius 1 is 1.25 bits per heavy atom. The van der Waals surface area contributed by atoms with E-state index in [2.05, 4.69) is 4.98 Å². The monoisotopic (exact) mass is 381 g/mol. The van der Waals surface area contributed by atoms with Crippen LogP contribution < -0.4 is 0 Å². The van der Waals surface area contributed by atoms with Crippen molar-refractivity contribution in [3.8, 4) is 0 Å². The van der Waals surface area contributed by atoms with Crippen LogP contribution in [0, 0.1) is 17.2 Å². The Balaban J connectivity index is 1.32. The zero-order valence-electron chi connectivity index (χ0n) is 16.0. The van der Waals surface area contributed by atoms with Crippen molar-refractivity contribution in [3.63, 3.8) is 0 Å². The van der Waals surface area contributed by atoms with Crippen LogP contribution in [0.4, 0.5) is 4.39 Å². The van der Waals surface area contributed by atoms with Gasteiger partial charge >= 0.3 is 0 Å². The molecule has 2 heterocycles. The maximum Gasteiger partial charge on any atom is 0.227 e. The molecule has 6 heteroatoms. The van der Waals surface area contributed by atoms with E-state index < -0.39 is 0 Å². The Labute approximate surface area is 164 Å². The Hall–Kier alpha value is -2.76. The molecule has 1 aromatic carbocycles. The quantitative estimate of drug-likeness (QED) is 0.800. The minimum Gasteiger partial charge on any atom is -0.342 e. The number of aromatic nitrogens is 1. The van der Waals surface area contributed by atoms with Crippen LogP contribution >= 0.6 is 0 Å². The topological polar surface area (TPSA) is 53.5 Å². The van der Waals surface area contributed by atoms with Gasteiger partial charge in [-0.1, -0.05) is 18.2 Å². The second-order valence-corrected chi connectivity index (χ2v) is 8.00. The summed E-state index contributed by atoms with van der Waals surface area (Å²) in [5.74, 6) is -0.128. The van der Waals surface area contributed by atoms with E-state index in [9.17, 15) is 14.0 Å². The van der Waals surface area contributed by atoms with Crippen LogP contribution in [0.3, 0.4) is 0 Å². The van der Waals surface area contributed by atoms with E-state index >= 15 is 0 Å². The summed E-state index contributed by atoms with van der Waals surface area (Å²) >= 11 is 0. The first-order valence-electron chi connectivity index (χ1n) is 9.64. The van der Waals surface area contributed by atoms with E-state index in [1.54, 1.807) is 23.2 Å². The molecule has 2 aromatic rings. The molecular weight excluding hydrogens is 357 g/mol. The first kappa shape index (κ1) is 18.6. The van der Waals surface area contributed by atoms with Gasteiger partial charge in [0, 0.05) is 37.7 Å². The molecule has 1 aliphatic carbocycles. The number of nitrogens with zero attached hydrogens (tertiary/aromatic N) is 3. The van der Waals surface area contributed by atoms with Crippen molar-refractivity contribution in [2.75, 3.05) is 20.1 Å². The number of likely N-dealkylation sites (tertiary alicyclic amines) is 1. The SMILES string of the molecule is CN(Cc1ccccn1)C(=O)[C@H]1C[C@]12CCN(C(=O)Cc1ccc(F)cc1)C2. The average Bonchev–Trinajstić information content (AvgIpc) is 3.22. The molecule has 1 aromatic heterocycles. The second kappa shape index (κ2) is 7.34. The summed E-state index contributed by atoms with van der Waals surface area (Å²) in [5, 5.41) is 0. The van der Waals surface area contributed by atoms with Crippen LogP contribution in [0.25, 0.3) is 0 Å². The second-order valence-electron chi connectivity index (χ2n) is 8.00. The van der Waals surface area contributed by atoms with Crippen molar-refractivity contribution in [1.29, 1.82) is 0 Å². The number of carbonyl (C=O) groups excluding carboxylic acids is 2. The van der Waals surface area contributed by atoms with Crippen LogP contribution in [-0.4, -0.2) is 46.7 Å². The highest BCUT2D eigenvalue weighted by molar-refractivity contribution is 5.84. The van der Waals surface area contributed by atoms with E-state index in [0.717, 1.165) is 24.1 Å². The van der Waals surface area contributed by atoms with Gasteiger partial charge in [-0.3, -0.25) is 14.6 Å². The van der Waals surface area contributed by atoms with Crippen molar-refractivity contribution in [3.05, 3.63) is 65.7 Å². The number of pyridine rings is 1. The third kappa shape index (κ3) is 3.77. The lowest BCUT2D eigenvalue weighted by atomic mass is 10.0. The third-order valence-corrected chi connectivity index (χ3v) is 6.00. The fourth-order valence-corrected chi connectivity index (χ4v) is 4.22. The van der Waals surface area contributed by atoms with E-state index in [0.29, 0.717) is 19.6 Å². The third-order valence-electron chi connectivity index (χ3n) is 6.00. The molecule has 0 unspecified atom stereocenters. The Kier molecular flexibility index (Phi) is 4.87. The molecule has 146 valence electrons. The molecule has 0 radical (unpaired) electrons. The minimum atomic E-state index is -0.300. The first-order valence-corrected chi connectivity index (χ1v) is 9.64. The lowest BCUT2D eigenvalue weighted by molar-refractivity contribution is -0.133. The number of amides is 2. The molecule has 4 rings (SSSR count). The number of hydrogen-bond acceptors (Lipinski definition) is 3. The fraction of sp³-hybridized carbons (Fsp3) is 0.409. The molecule has 5 nitrogen and oxygen atoms in total. The van der Waals surface area contributed by atoms with Gasteiger partial charge in [0.25, 0.3) is 0 Å². The summed E-state index contributed by atoms with van der Waals surface area (Å²) in [7, 11) is 1.81. The smallest absolute Gasteiger partial charge is 0.227 e. The summed E-state index contributed by atoms with van der Waals surface area (Å²) in [5.41, 5.74) is 1.62. The van der Waals surface area contributed by atoms with Crippen LogP contribution in [-0.2, 0) is 22.6 Å². The van der Waals surface area contributed by atoms with Gasteiger partial charge in [0.15, 0.2) is 0 Å². The van der Waals surface area contributed by atoms with E-state index in [1.807, 2.05) is 30.1 Å². The fourth-order valence-electron chi connectivity index (χ4n) is 4.22. The molecule has 2 fully saturated rings. The Morgan fingerprint density at radius 3 is 2.75 bits per heavy atom. The Bertz CT molecular complexity index is 871. The van der Waals surface area contributed by atoms with E-state index in [1.165, 1.54) is 12.1 Å². The van der Waals surface area contributed by atoms with Crippen LogP contribution in [0.5, 0.6) is 0 Å². The van der Waals surface area contributed by atoms with Gasteiger partial charge in [-0.2, -0.15) is 0 Å².